The topological polar surface area (TPSA) is 56.6 Å². The van der Waals surface area contributed by atoms with Crippen LogP contribution in [0.15, 0.2) is 0 Å². The highest BCUT2D eigenvalue weighted by atomic mass is 16.5. The van der Waals surface area contributed by atoms with E-state index in [1.165, 1.54) is 0 Å². The number of morpholine rings is 1. The molecule has 1 aliphatic rings. The first-order valence-electron chi connectivity index (χ1n) is 7.22. The molecule has 108 valence electrons. The van der Waals surface area contributed by atoms with Gasteiger partial charge in [0.25, 0.3) is 0 Å². The zero-order chi connectivity index (χ0) is 13.9. The molecule has 0 unspecified atom stereocenters. The normalized spacial score (nSPS) is 16.0. The first-order valence-corrected chi connectivity index (χ1v) is 7.22. The van der Waals surface area contributed by atoms with E-state index >= 15 is 0 Å². The number of carbonyl (C=O) groups excluding carboxylic acids is 1. The molecule has 5 nitrogen and oxygen atoms in total. The van der Waals surface area contributed by atoms with E-state index in [0.29, 0.717) is 19.4 Å². The summed E-state index contributed by atoms with van der Waals surface area (Å²) in [5.41, 5.74) is 0. The summed E-state index contributed by atoms with van der Waals surface area (Å²) in [4.78, 5) is 16.2. The molecule has 1 saturated heterocycles. The third-order valence-electron chi connectivity index (χ3n) is 3.38. The average Bonchev–Trinajstić information content (AvgIpc) is 2.46. The van der Waals surface area contributed by atoms with Gasteiger partial charge in [0.2, 0.25) is 5.91 Å². The molecule has 5 heteroatoms. The van der Waals surface area contributed by atoms with E-state index in [1.807, 2.05) is 4.90 Å². The highest BCUT2D eigenvalue weighted by molar-refractivity contribution is 5.76. The quantitative estimate of drug-likeness (QED) is 0.664. The molecular weight excluding hydrogens is 242 g/mol. The Balaban J connectivity index is 2.34. The van der Waals surface area contributed by atoms with Crippen molar-refractivity contribution < 1.29 is 9.53 Å². The molecule has 0 aromatic carbocycles. The van der Waals surface area contributed by atoms with Gasteiger partial charge in [-0.3, -0.25) is 9.69 Å². The predicted molar refractivity (Wildman–Crippen MR) is 73.6 cm³/mol. The first-order chi connectivity index (χ1) is 9.27. The Morgan fingerprint density at radius 3 is 2.74 bits per heavy atom. The van der Waals surface area contributed by atoms with E-state index < -0.39 is 0 Å². The molecule has 1 fully saturated rings. The van der Waals surface area contributed by atoms with Gasteiger partial charge in [0.1, 0.15) is 0 Å². The van der Waals surface area contributed by atoms with Crippen LogP contribution < -0.4 is 0 Å². The summed E-state index contributed by atoms with van der Waals surface area (Å²) in [6, 6.07) is 2.12. The van der Waals surface area contributed by atoms with Gasteiger partial charge < -0.3 is 9.64 Å². The predicted octanol–water partition coefficient (Wildman–Crippen LogP) is 1.25. The zero-order valence-corrected chi connectivity index (χ0v) is 11.9. The van der Waals surface area contributed by atoms with Gasteiger partial charge in [0, 0.05) is 39.1 Å². The van der Waals surface area contributed by atoms with Crippen LogP contribution in [0.1, 0.15) is 32.6 Å². The van der Waals surface area contributed by atoms with Crippen LogP contribution in [-0.2, 0) is 9.53 Å². The van der Waals surface area contributed by atoms with Crippen molar-refractivity contribution in [1.82, 2.24) is 9.80 Å². The second-order valence-corrected chi connectivity index (χ2v) is 4.85. The van der Waals surface area contributed by atoms with Gasteiger partial charge in [0.15, 0.2) is 0 Å². The third-order valence-corrected chi connectivity index (χ3v) is 3.38. The maximum absolute atomic E-state index is 12.1. The van der Waals surface area contributed by atoms with E-state index in [0.717, 1.165) is 52.2 Å². The van der Waals surface area contributed by atoms with Crippen molar-refractivity contribution in [1.29, 1.82) is 5.26 Å². The number of carbonyl (C=O) groups is 1. The first kappa shape index (κ1) is 15.9. The standard InChI is InChI=1S/C14H25N3O2/c1-2-3-5-14(18)17(7-4-6-15)9-8-16-10-12-19-13-11-16/h2-5,7-13H2,1H3. The molecule has 0 aliphatic carbocycles. The molecule has 1 heterocycles. The van der Waals surface area contributed by atoms with Gasteiger partial charge in [-0.05, 0) is 6.42 Å². The largest absolute Gasteiger partial charge is 0.379 e. The lowest BCUT2D eigenvalue weighted by Gasteiger charge is -2.30. The molecule has 0 aromatic heterocycles. The van der Waals surface area contributed by atoms with E-state index in [9.17, 15) is 4.79 Å². The van der Waals surface area contributed by atoms with Crippen molar-refractivity contribution in [2.45, 2.75) is 32.6 Å². The van der Waals surface area contributed by atoms with Gasteiger partial charge in [-0.2, -0.15) is 5.26 Å². The van der Waals surface area contributed by atoms with E-state index in [-0.39, 0.29) is 5.91 Å². The second kappa shape index (κ2) is 9.76. The molecule has 0 spiro atoms. The minimum absolute atomic E-state index is 0.186. The Bertz CT molecular complexity index is 296. The summed E-state index contributed by atoms with van der Waals surface area (Å²) < 4.78 is 5.31. The Morgan fingerprint density at radius 2 is 2.11 bits per heavy atom. The maximum Gasteiger partial charge on any atom is 0.222 e. The van der Waals surface area contributed by atoms with Crippen LogP contribution in [0.4, 0.5) is 0 Å². The molecule has 19 heavy (non-hydrogen) atoms. The summed E-state index contributed by atoms with van der Waals surface area (Å²) in [6.07, 6.45) is 2.98. The zero-order valence-electron chi connectivity index (χ0n) is 11.9. The lowest BCUT2D eigenvalue weighted by Crippen LogP contribution is -2.43. The molecule has 1 rings (SSSR count). The van der Waals surface area contributed by atoms with Crippen molar-refractivity contribution in [3.63, 3.8) is 0 Å². The lowest BCUT2D eigenvalue weighted by atomic mass is 10.2. The SMILES string of the molecule is CCCCC(=O)N(CCC#N)CCN1CCOCC1. The molecule has 1 aliphatic heterocycles. The van der Waals surface area contributed by atoms with Crippen LogP contribution in [0.25, 0.3) is 0 Å². The Morgan fingerprint density at radius 1 is 1.37 bits per heavy atom. The Kier molecular flexibility index (Phi) is 8.19. The smallest absolute Gasteiger partial charge is 0.222 e. The minimum atomic E-state index is 0.186. The number of hydrogen-bond donors (Lipinski definition) is 0. The monoisotopic (exact) mass is 267 g/mol. The second-order valence-electron chi connectivity index (χ2n) is 4.85. The van der Waals surface area contributed by atoms with Crippen LogP contribution in [-0.4, -0.2) is 61.6 Å². The molecular formula is C14H25N3O2. The average molecular weight is 267 g/mol. The number of nitrogens with zero attached hydrogens (tertiary/aromatic N) is 3. The Labute approximate surface area is 116 Å². The van der Waals surface area contributed by atoms with Gasteiger partial charge in [-0.15, -0.1) is 0 Å². The van der Waals surface area contributed by atoms with Gasteiger partial charge in [-0.25, -0.2) is 0 Å². The molecule has 0 bridgehead atoms. The number of amides is 1. The van der Waals surface area contributed by atoms with Crippen molar-refractivity contribution >= 4 is 5.91 Å². The maximum atomic E-state index is 12.1. The van der Waals surface area contributed by atoms with Crippen LogP contribution in [0, 0.1) is 11.3 Å². The van der Waals surface area contributed by atoms with Crippen molar-refractivity contribution in [2.75, 3.05) is 45.9 Å². The highest BCUT2D eigenvalue weighted by Gasteiger charge is 2.15. The third kappa shape index (κ3) is 6.55. The fraction of sp³-hybridized carbons (Fsp3) is 0.857. The molecule has 0 atom stereocenters. The van der Waals surface area contributed by atoms with Crippen LogP contribution in [0.2, 0.25) is 0 Å². The van der Waals surface area contributed by atoms with Gasteiger partial charge in [0.05, 0.1) is 25.7 Å². The number of ether oxygens (including phenoxy) is 1. The van der Waals surface area contributed by atoms with Gasteiger partial charge in [-0.1, -0.05) is 13.3 Å². The number of unbranched alkanes of at least 4 members (excludes halogenated alkanes) is 1. The van der Waals surface area contributed by atoms with E-state index in [2.05, 4.69) is 17.9 Å². The van der Waals surface area contributed by atoms with Crippen molar-refractivity contribution in [2.24, 2.45) is 0 Å². The highest BCUT2D eigenvalue weighted by Crippen LogP contribution is 2.03. The van der Waals surface area contributed by atoms with Crippen LogP contribution >= 0.6 is 0 Å². The van der Waals surface area contributed by atoms with Crippen molar-refractivity contribution in [3.05, 3.63) is 0 Å². The minimum Gasteiger partial charge on any atom is -0.379 e. The number of rotatable bonds is 8. The Hall–Kier alpha value is -1.12. The lowest BCUT2D eigenvalue weighted by molar-refractivity contribution is -0.131. The molecule has 0 radical (unpaired) electrons. The number of hydrogen-bond acceptors (Lipinski definition) is 4. The molecule has 0 aromatic rings. The summed E-state index contributed by atoms with van der Waals surface area (Å²) in [6.45, 7) is 7.69. The summed E-state index contributed by atoms with van der Waals surface area (Å²) in [5, 5.41) is 8.68. The molecule has 1 amide bonds. The summed E-state index contributed by atoms with van der Waals surface area (Å²) >= 11 is 0. The fourth-order valence-corrected chi connectivity index (χ4v) is 2.12. The fourth-order valence-electron chi connectivity index (χ4n) is 2.12. The van der Waals surface area contributed by atoms with E-state index in [4.69, 9.17) is 10.00 Å². The van der Waals surface area contributed by atoms with Crippen LogP contribution in [0.3, 0.4) is 0 Å². The van der Waals surface area contributed by atoms with Crippen molar-refractivity contribution in [3.8, 4) is 6.07 Å². The number of nitriles is 1. The van der Waals surface area contributed by atoms with E-state index in [1.54, 1.807) is 0 Å². The molecule has 0 saturated carbocycles. The summed E-state index contributed by atoms with van der Waals surface area (Å²) in [7, 11) is 0. The van der Waals surface area contributed by atoms with Gasteiger partial charge >= 0.3 is 0 Å². The molecule has 0 N–H and O–H groups in total. The van der Waals surface area contributed by atoms with Crippen LogP contribution in [0.5, 0.6) is 0 Å². The summed E-state index contributed by atoms with van der Waals surface area (Å²) in [5.74, 6) is 0.186.